The molecular weight excluding hydrogens is 282 g/mol. The zero-order valence-electron chi connectivity index (χ0n) is 14.6. The van der Waals surface area contributed by atoms with Crippen molar-refractivity contribution in [2.75, 3.05) is 26.3 Å². The Morgan fingerprint density at radius 2 is 1.91 bits per heavy atom. The molecular formula is C17H33NO4. The fourth-order valence-electron chi connectivity index (χ4n) is 2.06. The first kappa shape index (κ1) is 21.2. The highest BCUT2D eigenvalue weighted by Gasteiger charge is 2.33. The second-order valence-corrected chi connectivity index (χ2v) is 6.54. The molecule has 0 aliphatic rings. The molecule has 1 atom stereocenters. The van der Waals surface area contributed by atoms with Gasteiger partial charge in [-0.3, -0.25) is 4.79 Å². The molecule has 0 aliphatic carbocycles. The van der Waals surface area contributed by atoms with E-state index in [2.05, 4.69) is 11.9 Å². The zero-order valence-corrected chi connectivity index (χ0v) is 14.6. The van der Waals surface area contributed by atoms with E-state index < -0.39 is 11.2 Å². The van der Waals surface area contributed by atoms with Gasteiger partial charge in [-0.15, -0.1) is 0 Å². The highest BCUT2D eigenvalue weighted by Crippen LogP contribution is 2.21. The Balaban J connectivity index is 4.26. The third-order valence-electron chi connectivity index (χ3n) is 3.71. The second-order valence-electron chi connectivity index (χ2n) is 6.54. The number of carbonyl (C=O) groups is 1. The van der Waals surface area contributed by atoms with E-state index in [0.717, 1.165) is 12.8 Å². The molecule has 0 spiro atoms. The van der Waals surface area contributed by atoms with Crippen LogP contribution in [0.1, 0.15) is 53.4 Å². The first-order chi connectivity index (χ1) is 10.2. The Kier molecular flexibility index (Phi) is 9.76. The predicted octanol–water partition coefficient (Wildman–Crippen LogP) is 1.82. The van der Waals surface area contributed by atoms with Crippen molar-refractivity contribution < 1.29 is 19.7 Å². The second kappa shape index (κ2) is 10.1. The number of hydrogen-bond acceptors (Lipinski definition) is 5. The fourth-order valence-corrected chi connectivity index (χ4v) is 2.06. The first-order valence-electron chi connectivity index (χ1n) is 8.07. The van der Waals surface area contributed by atoms with Gasteiger partial charge in [0.15, 0.2) is 5.78 Å². The number of ether oxygens (including phenoxy) is 1. The number of Topliss-reactive ketones (excluding diaryl/α,β-unsaturated/α-hetero) is 1. The summed E-state index contributed by atoms with van der Waals surface area (Å²) >= 11 is 0. The van der Waals surface area contributed by atoms with Gasteiger partial charge in [-0.25, -0.2) is 0 Å². The van der Waals surface area contributed by atoms with E-state index in [1.807, 2.05) is 6.92 Å². The van der Waals surface area contributed by atoms with Gasteiger partial charge in [0.25, 0.3) is 0 Å². The summed E-state index contributed by atoms with van der Waals surface area (Å²) < 4.78 is 5.81. The van der Waals surface area contributed by atoms with Crippen LogP contribution in [0.3, 0.4) is 0 Å². The molecule has 0 aromatic heterocycles. The SMILES string of the molecule is C=C(CNCCO)C(=O)C(C)(CC)OCCCCC(C)(C)O. The molecule has 22 heavy (non-hydrogen) atoms. The summed E-state index contributed by atoms with van der Waals surface area (Å²) in [7, 11) is 0. The number of ketones is 1. The van der Waals surface area contributed by atoms with Crippen LogP contribution in [0.25, 0.3) is 0 Å². The van der Waals surface area contributed by atoms with Crippen molar-refractivity contribution >= 4 is 5.78 Å². The Morgan fingerprint density at radius 1 is 1.27 bits per heavy atom. The first-order valence-corrected chi connectivity index (χ1v) is 8.07. The van der Waals surface area contributed by atoms with Crippen molar-refractivity contribution in [1.82, 2.24) is 5.32 Å². The van der Waals surface area contributed by atoms with Crippen LogP contribution in [-0.2, 0) is 9.53 Å². The van der Waals surface area contributed by atoms with Crippen molar-refractivity contribution in [1.29, 1.82) is 0 Å². The van der Waals surface area contributed by atoms with Crippen molar-refractivity contribution in [3.63, 3.8) is 0 Å². The molecule has 0 aromatic carbocycles. The highest BCUT2D eigenvalue weighted by molar-refractivity contribution is 6.01. The van der Waals surface area contributed by atoms with Crippen LogP contribution in [0.15, 0.2) is 12.2 Å². The highest BCUT2D eigenvalue weighted by atomic mass is 16.5. The largest absolute Gasteiger partial charge is 0.395 e. The van der Waals surface area contributed by atoms with E-state index >= 15 is 0 Å². The summed E-state index contributed by atoms with van der Waals surface area (Å²) in [4.78, 5) is 12.4. The van der Waals surface area contributed by atoms with Gasteiger partial charge in [-0.2, -0.15) is 0 Å². The fraction of sp³-hybridized carbons (Fsp3) is 0.824. The Bertz CT molecular complexity index is 349. The maximum absolute atomic E-state index is 12.4. The van der Waals surface area contributed by atoms with Gasteiger partial charge in [0, 0.05) is 25.3 Å². The lowest BCUT2D eigenvalue weighted by molar-refractivity contribution is -0.139. The van der Waals surface area contributed by atoms with Crippen LogP contribution in [0.2, 0.25) is 0 Å². The maximum atomic E-state index is 12.4. The third kappa shape index (κ3) is 8.63. The van der Waals surface area contributed by atoms with Gasteiger partial charge >= 0.3 is 0 Å². The summed E-state index contributed by atoms with van der Waals surface area (Å²) in [6, 6.07) is 0. The molecule has 0 radical (unpaired) electrons. The van der Waals surface area contributed by atoms with Crippen molar-refractivity contribution in [3.05, 3.63) is 12.2 Å². The quantitative estimate of drug-likeness (QED) is 0.357. The molecule has 3 N–H and O–H groups in total. The van der Waals surface area contributed by atoms with Gasteiger partial charge in [-0.05, 0) is 46.5 Å². The number of carbonyl (C=O) groups excluding carboxylic acids is 1. The van der Waals surface area contributed by atoms with Gasteiger partial charge in [-0.1, -0.05) is 13.5 Å². The summed E-state index contributed by atoms with van der Waals surface area (Å²) in [6.07, 6.45) is 2.96. The van der Waals surface area contributed by atoms with Gasteiger partial charge < -0.3 is 20.3 Å². The molecule has 0 fully saturated rings. The number of rotatable bonds is 13. The minimum absolute atomic E-state index is 0.0320. The molecule has 0 amide bonds. The molecule has 130 valence electrons. The predicted molar refractivity (Wildman–Crippen MR) is 88.9 cm³/mol. The van der Waals surface area contributed by atoms with E-state index in [0.29, 0.717) is 38.1 Å². The Labute approximate surface area is 134 Å². The van der Waals surface area contributed by atoms with Crippen LogP contribution >= 0.6 is 0 Å². The number of aliphatic hydroxyl groups is 2. The number of hydrogen-bond donors (Lipinski definition) is 3. The molecule has 0 saturated heterocycles. The molecule has 0 rings (SSSR count). The molecule has 1 unspecified atom stereocenters. The molecule has 0 aromatic rings. The number of aliphatic hydroxyl groups excluding tert-OH is 1. The lowest BCUT2D eigenvalue weighted by atomic mass is 9.92. The molecule has 5 nitrogen and oxygen atoms in total. The monoisotopic (exact) mass is 315 g/mol. The smallest absolute Gasteiger partial charge is 0.191 e. The van der Waals surface area contributed by atoms with Gasteiger partial charge in [0.05, 0.1) is 12.2 Å². The lowest BCUT2D eigenvalue weighted by Gasteiger charge is -2.28. The van der Waals surface area contributed by atoms with Crippen LogP contribution in [0, 0.1) is 0 Å². The lowest BCUT2D eigenvalue weighted by Crippen LogP contribution is -2.41. The number of unbranched alkanes of at least 4 members (excludes halogenated alkanes) is 1. The van der Waals surface area contributed by atoms with Gasteiger partial charge in [0.1, 0.15) is 5.60 Å². The van der Waals surface area contributed by atoms with Crippen LogP contribution in [0.5, 0.6) is 0 Å². The normalized spacial score (nSPS) is 14.6. The summed E-state index contributed by atoms with van der Waals surface area (Å²) in [5.74, 6) is -0.0945. The zero-order chi connectivity index (χ0) is 17.2. The topological polar surface area (TPSA) is 78.8 Å². The average Bonchev–Trinajstić information content (AvgIpc) is 2.44. The summed E-state index contributed by atoms with van der Waals surface area (Å²) in [6.45, 7) is 12.4. The molecule has 5 heteroatoms. The summed E-state index contributed by atoms with van der Waals surface area (Å²) in [5.41, 5.74) is -1.04. The molecule has 0 bridgehead atoms. The van der Waals surface area contributed by atoms with E-state index in [1.165, 1.54) is 0 Å². The summed E-state index contributed by atoms with van der Waals surface area (Å²) in [5, 5.41) is 21.3. The number of nitrogens with one attached hydrogen (secondary N) is 1. The maximum Gasteiger partial charge on any atom is 0.191 e. The van der Waals surface area contributed by atoms with E-state index in [4.69, 9.17) is 9.84 Å². The van der Waals surface area contributed by atoms with Crippen molar-refractivity contribution in [2.24, 2.45) is 0 Å². The Hall–Kier alpha value is -0.750. The molecule has 0 saturated carbocycles. The minimum Gasteiger partial charge on any atom is -0.395 e. The van der Waals surface area contributed by atoms with Crippen LogP contribution in [-0.4, -0.2) is 53.5 Å². The molecule has 0 aliphatic heterocycles. The van der Waals surface area contributed by atoms with Crippen molar-refractivity contribution in [2.45, 2.75) is 64.6 Å². The van der Waals surface area contributed by atoms with Crippen molar-refractivity contribution in [3.8, 4) is 0 Å². The van der Waals surface area contributed by atoms with E-state index in [-0.39, 0.29) is 12.4 Å². The minimum atomic E-state index is -0.854. The molecule has 0 heterocycles. The van der Waals surface area contributed by atoms with E-state index in [1.54, 1.807) is 20.8 Å². The van der Waals surface area contributed by atoms with Crippen LogP contribution < -0.4 is 5.32 Å². The van der Waals surface area contributed by atoms with Crippen LogP contribution in [0.4, 0.5) is 0 Å². The van der Waals surface area contributed by atoms with E-state index in [9.17, 15) is 9.90 Å². The standard InChI is InChI=1S/C17H33NO4/c1-6-17(5,15(20)14(2)13-18-10-11-19)22-12-8-7-9-16(3,4)21/h18-19,21H,2,6-13H2,1,3-5H3. The van der Waals surface area contributed by atoms with Gasteiger partial charge in [0.2, 0.25) is 0 Å². The Morgan fingerprint density at radius 3 is 2.41 bits per heavy atom. The third-order valence-corrected chi connectivity index (χ3v) is 3.71. The average molecular weight is 315 g/mol.